The van der Waals surface area contributed by atoms with Gasteiger partial charge < -0.3 is 14.8 Å². The number of carbonyl (C=O) groups is 3. The zero-order valence-corrected chi connectivity index (χ0v) is 20.3. The van der Waals surface area contributed by atoms with Gasteiger partial charge in [-0.05, 0) is 79.6 Å². The first-order valence-electron chi connectivity index (χ1n) is 11.7. The molecule has 0 unspecified atom stereocenters. The average molecular weight is 488 g/mol. The van der Waals surface area contributed by atoms with E-state index in [9.17, 15) is 14.4 Å². The molecule has 0 aromatic heterocycles. The van der Waals surface area contributed by atoms with Gasteiger partial charge in [0.1, 0.15) is 11.5 Å². The highest BCUT2D eigenvalue weighted by Gasteiger charge is 2.09. The van der Waals surface area contributed by atoms with Gasteiger partial charge in [-0.15, -0.1) is 0 Å². The number of benzene rings is 3. The second kappa shape index (κ2) is 13.4. The molecule has 0 bridgehead atoms. The Labute approximate surface area is 210 Å². The van der Waals surface area contributed by atoms with Crippen molar-refractivity contribution in [3.8, 4) is 11.5 Å². The van der Waals surface area contributed by atoms with Gasteiger partial charge in [0.05, 0.1) is 24.9 Å². The van der Waals surface area contributed by atoms with Crippen molar-refractivity contribution in [1.29, 1.82) is 0 Å². The Hall–Kier alpha value is -4.46. The first kappa shape index (κ1) is 26.2. The lowest BCUT2D eigenvalue weighted by Gasteiger charge is -2.07. The number of ether oxygens (including phenoxy) is 2. The molecule has 0 aliphatic rings. The minimum Gasteiger partial charge on any atom is -0.494 e. The molecule has 0 fully saturated rings. The molecule has 8 heteroatoms. The molecular weight excluding hydrogens is 458 g/mol. The molecular formula is C28H29N3O5. The first-order valence-corrected chi connectivity index (χ1v) is 11.7. The molecule has 0 aliphatic carbocycles. The third-order valence-electron chi connectivity index (χ3n) is 5.07. The minimum atomic E-state index is -0.475. The summed E-state index contributed by atoms with van der Waals surface area (Å²) in [5, 5.41) is 6.42. The predicted octanol–water partition coefficient (Wildman–Crippen LogP) is 4.27. The zero-order valence-electron chi connectivity index (χ0n) is 20.3. The highest BCUT2D eigenvalue weighted by molar-refractivity contribution is 5.96. The van der Waals surface area contributed by atoms with E-state index in [1.165, 1.54) is 6.21 Å². The van der Waals surface area contributed by atoms with E-state index in [4.69, 9.17) is 9.47 Å². The van der Waals surface area contributed by atoms with Crippen LogP contribution >= 0.6 is 0 Å². The van der Waals surface area contributed by atoms with Crippen LogP contribution in [0.4, 0.5) is 0 Å². The van der Waals surface area contributed by atoms with Crippen LogP contribution in [0.25, 0.3) is 0 Å². The fourth-order valence-electron chi connectivity index (χ4n) is 3.00. The lowest BCUT2D eigenvalue weighted by molar-refractivity contribution is -0.120. The van der Waals surface area contributed by atoms with Crippen LogP contribution in [0.1, 0.15) is 51.6 Å². The van der Waals surface area contributed by atoms with Crippen LogP contribution in [0, 0.1) is 6.92 Å². The Morgan fingerprint density at radius 3 is 2.17 bits per heavy atom. The summed E-state index contributed by atoms with van der Waals surface area (Å²) in [6, 6.07) is 20.5. The van der Waals surface area contributed by atoms with Crippen LogP contribution in [-0.2, 0) is 4.79 Å². The SMILES string of the molecule is CCCCOc1ccc(C(=O)Oc2ccc(/C=N/NC(=O)CNC(=O)c3ccc(C)cc3)cc2)cc1. The average Bonchev–Trinajstić information content (AvgIpc) is 2.89. The van der Waals surface area contributed by atoms with Crippen LogP contribution in [0.2, 0.25) is 0 Å². The van der Waals surface area contributed by atoms with Crippen molar-refractivity contribution in [2.24, 2.45) is 5.10 Å². The third kappa shape index (κ3) is 8.39. The van der Waals surface area contributed by atoms with Gasteiger partial charge >= 0.3 is 5.97 Å². The predicted molar refractivity (Wildman–Crippen MR) is 137 cm³/mol. The molecule has 0 saturated heterocycles. The number of hydrogen-bond donors (Lipinski definition) is 2. The molecule has 0 radical (unpaired) electrons. The summed E-state index contributed by atoms with van der Waals surface area (Å²) < 4.78 is 11.0. The standard InChI is InChI=1S/C28H29N3O5/c1-3-4-17-35-24-15-11-23(12-16-24)28(34)36-25-13-7-21(8-14-25)18-30-31-26(32)19-29-27(33)22-9-5-20(2)6-10-22/h5-16,18H,3-4,17,19H2,1-2H3,(H,29,33)(H,31,32)/b30-18+. The maximum Gasteiger partial charge on any atom is 0.343 e. The summed E-state index contributed by atoms with van der Waals surface area (Å²) in [6.07, 6.45) is 3.48. The van der Waals surface area contributed by atoms with Crippen LogP contribution in [-0.4, -0.2) is 37.1 Å². The molecule has 2 amide bonds. The van der Waals surface area contributed by atoms with Crippen molar-refractivity contribution in [1.82, 2.24) is 10.7 Å². The highest BCUT2D eigenvalue weighted by atomic mass is 16.5. The number of unbranched alkanes of at least 4 members (excludes halogenated alkanes) is 1. The summed E-state index contributed by atoms with van der Waals surface area (Å²) >= 11 is 0. The smallest absolute Gasteiger partial charge is 0.343 e. The van der Waals surface area contributed by atoms with Gasteiger partial charge in [0.25, 0.3) is 11.8 Å². The summed E-state index contributed by atoms with van der Waals surface area (Å²) in [4.78, 5) is 36.3. The number of carbonyl (C=O) groups excluding carboxylic acids is 3. The van der Waals surface area contributed by atoms with Crippen molar-refractivity contribution in [2.75, 3.05) is 13.2 Å². The van der Waals surface area contributed by atoms with Gasteiger partial charge in [-0.2, -0.15) is 5.10 Å². The van der Waals surface area contributed by atoms with Crippen LogP contribution < -0.4 is 20.2 Å². The lowest BCUT2D eigenvalue weighted by Crippen LogP contribution is -2.34. The van der Waals surface area contributed by atoms with Crippen molar-refractivity contribution in [3.63, 3.8) is 0 Å². The summed E-state index contributed by atoms with van der Waals surface area (Å²) in [5.74, 6) is -0.182. The Morgan fingerprint density at radius 2 is 1.50 bits per heavy atom. The maximum atomic E-state index is 12.4. The van der Waals surface area contributed by atoms with Gasteiger partial charge in [0.15, 0.2) is 0 Å². The minimum absolute atomic E-state index is 0.204. The van der Waals surface area contributed by atoms with E-state index >= 15 is 0 Å². The van der Waals surface area contributed by atoms with Gasteiger partial charge in [-0.25, -0.2) is 10.2 Å². The fraction of sp³-hybridized carbons (Fsp3) is 0.214. The number of esters is 1. The number of amides is 2. The number of nitrogens with one attached hydrogen (secondary N) is 2. The van der Waals surface area contributed by atoms with Crippen molar-refractivity contribution in [3.05, 3.63) is 95.1 Å². The highest BCUT2D eigenvalue weighted by Crippen LogP contribution is 2.16. The third-order valence-corrected chi connectivity index (χ3v) is 5.07. The van der Waals surface area contributed by atoms with Gasteiger partial charge in [0, 0.05) is 5.56 Å². The number of nitrogens with zero attached hydrogens (tertiary/aromatic N) is 1. The molecule has 0 heterocycles. The van der Waals surface area contributed by atoms with E-state index in [1.54, 1.807) is 60.7 Å². The second-order valence-electron chi connectivity index (χ2n) is 8.03. The van der Waals surface area contributed by atoms with Crippen molar-refractivity contribution in [2.45, 2.75) is 26.7 Å². The van der Waals surface area contributed by atoms with E-state index in [-0.39, 0.29) is 12.5 Å². The topological polar surface area (TPSA) is 106 Å². The van der Waals surface area contributed by atoms with E-state index in [2.05, 4.69) is 22.8 Å². The van der Waals surface area contributed by atoms with Crippen molar-refractivity contribution >= 4 is 24.0 Å². The zero-order chi connectivity index (χ0) is 25.8. The largest absolute Gasteiger partial charge is 0.494 e. The molecule has 36 heavy (non-hydrogen) atoms. The van der Waals surface area contributed by atoms with Crippen LogP contribution in [0.3, 0.4) is 0 Å². The van der Waals surface area contributed by atoms with Gasteiger partial charge in [-0.3, -0.25) is 9.59 Å². The molecule has 0 atom stereocenters. The molecule has 0 saturated carbocycles. The van der Waals surface area contributed by atoms with Crippen LogP contribution in [0.5, 0.6) is 11.5 Å². The Bertz CT molecular complexity index is 1190. The van der Waals surface area contributed by atoms with Gasteiger partial charge in [-0.1, -0.05) is 31.0 Å². The molecule has 3 rings (SSSR count). The molecule has 0 spiro atoms. The molecule has 0 aliphatic heterocycles. The Morgan fingerprint density at radius 1 is 0.861 bits per heavy atom. The van der Waals surface area contributed by atoms with Crippen molar-refractivity contribution < 1.29 is 23.9 Å². The lowest BCUT2D eigenvalue weighted by atomic mass is 10.1. The summed E-state index contributed by atoms with van der Waals surface area (Å²) in [5.41, 5.74) is 4.98. The first-order chi connectivity index (χ1) is 17.4. The molecule has 2 N–H and O–H groups in total. The van der Waals surface area contributed by atoms with E-state index < -0.39 is 11.9 Å². The van der Waals surface area contributed by atoms with Gasteiger partial charge in [0.2, 0.25) is 0 Å². The number of aryl methyl sites for hydroxylation is 1. The number of hydrogen-bond acceptors (Lipinski definition) is 6. The number of rotatable bonds is 11. The molecule has 3 aromatic rings. The van der Waals surface area contributed by atoms with E-state index in [1.807, 2.05) is 19.1 Å². The molecule has 8 nitrogen and oxygen atoms in total. The second-order valence-corrected chi connectivity index (χ2v) is 8.03. The monoisotopic (exact) mass is 487 g/mol. The fourth-order valence-corrected chi connectivity index (χ4v) is 3.00. The quantitative estimate of drug-likeness (QED) is 0.138. The van der Waals surface area contributed by atoms with Crippen LogP contribution in [0.15, 0.2) is 77.9 Å². The molecule has 186 valence electrons. The van der Waals surface area contributed by atoms with E-state index in [0.29, 0.717) is 34.8 Å². The maximum absolute atomic E-state index is 12.4. The molecule has 3 aromatic carbocycles. The Balaban J connectivity index is 1.42. The van der Waals surface area contributed by atoms with E-state index in [0.717, 1.165) is 18.4 Å². The summed E-state index contributed by atoms with van der Waals surface area (Å²) in [7, 11) is 0. The number of hydrazone groups is 1. The normalized spacial score (nSPS) is 10.6. The summed E-state index contributed by atoms with van der Waals surface area (Å²) in [6.45, 7) is 4.46. The Kier molecular flexibility index (Phi) is 9.76.